The summed E-state index contributed by atoms with van der Waals surface area (Å²) < 4.78 is 5.44. The Labute approximate surface area is 175 Å². The van der Waals surface area contributed by atoms with Gasteiger partial charge in [0.1, 0.15) is 5.75 Å². The van der Waals surface area contributed by atoms with Crippen LogP contribution in [0.3, 0.4) is 0 Å². The smallest absolute Gasteiger partial charge is 0.124 e. The van der Waals surface area contributed by atoms with Crippen LogP contribution >= 0.6 is 0 Å². The number of hydrogen-bond acceptors (Lipinski definition) is 3. The fourth-order valence-electron chi connectivity index (χ4n) is 3.88. The number of aryl methyl sites for hydroxylation is 4. The first-order chi connectivity index (χ1) is 13.9. The molecule has 2 N–H and O–H groups in total. The molecule has 0 aliphatic heterocycles. The van der Waals surface area contributed by atoms with Gasteiger partial charge in [-0.3, -0.25) is 0 Å². The van der Waals surface area contributed by atoms with Crippen molar-refractivity contribution in [2.24, 2.45) is 0 Å². The monoisotopic (exact) mass is 388 g/mol. The largest absolute Gasteiger partial charge is 0.496 e. The molecule has 3 aromatic rings. The molecule has 0 saturated heterocycles. The molecule has 0 unspecified atom stereocenters. The van der Waals surface area contributed by atoms with E-state index < -0.39 is 0 Å². The van der Waals surface area contributed by atoms with Gasteiger partial charge in [0, 0.05) is 25.3 Å². The van der Waals surface area contributed by atoms with Crippen molar-refractivity contribution in [1.82, 2.24) is 5.32 Å². The van der Waals surface area contributed by atoms with Crippen molar-refractivity contribution in [2.75, 3.05) is 12.4 Å². The molecule has 0 heterocycles. The molecule has 0 aliphatic rings. The van der Waals surface area contributed by atoms with Crippen LogP contribution in [-0.2, 0) is 19.6 Å². The highest BCUT2D eigenvalue weighted by atomic mass is 16.5. The second kappa shape index (κ2) is 9.62. The highest BCUT2D eigenvalue weighted by molar-refractivity contribution is 5.55. The number of nitrogens with one attached hydrogen (secondary N) is 2. The molecule has 0 fully saturated rings. The average Bonchev–Trinajstić information content (AvgIpc) is 2.66. The van der Waals surface area contributed by atoms with E-state index >= 15 is 0 Å². The van der Waals surface area contributed by atoms with Crippen molar-refractivity contribution < 1.29 is 4.74 Å². The molecule has 0 aromatic heterocycles. The van der Waals surface area contributed by atoms with Crippen molar-refractivity contribution in [3.63, 3.8) is 0 Å². The summed E-state index contributed by atoms with van der Waals surface area (Å²) in [6, 6.07) is 19.8. The number of anilines is 1. The summed E-state index contributed by atoms with van der Waals surface area (Å²) in [7, 11) is 1.72. The second-order valence-electron chi connectivity index (χ2n) is 7.91. The first-order valence-electron chi connectivity index (χ1n) is 10.2. The van der Waals surface area contributed by atoms with Gasteiger partial charge < -0.3 is 15.4 Å². The molecule has 0 spiro atoms. The lowest BCUT2D eigenvalue weighted by atomic mass is 10.1. The van der Waals surface area contributed by atoms with Gasteiger partial charge in [0.2, 0.25) is 0 Å². The van der Waals surface area contributed by atoms with Gasteiger partial charge in [-0.25, -0.2) is 0 Å². The molecule has 0 aliphatic carbocycles. The van der Waals surface area contributed by atoms with Crippen LogP contribution in [0.5, 0.6) is 5.75 Å². The van der Waals surface area contributed by atoms with Crippen LogP contribution in [0.1, 0.15) is 38.9 Å². The van der Waals surface area contributed by atoms with E-state index in [1.165, 1.54) is 27.8 Å². The predicted molar refractivity (Wildman–Crippen MR) is 123 cm³/mol. The Hall–Kier alpha value is -2.78. The first-order valence-corrected chi connectivity index (χ1v) is 10.2. The molecule has 0 bridgehead atoms. The molecule has 3 heteroatoms. The molecule has 0 amide bonds. The Bertz CT molecular complexity index is 918. The fourth-order valence-corrected chi connectivity index (χ4v) is 3.88. The van der Waals surface area contributed by atoms with Gasteiger partial charge in [-0.05, 0) is 67.6 Å². The maximum atomic E-state index is 5.44. The predicted octanol–water partition coefficient (Wildman–Crippen LogP) is 5.83. The van der Waals surface area contributed by atoms with E-state index in [9.17, 15) is 0 Å². The van der Waals surface area contributed by atoms with Crippen LogP contribution in [0.15, 0.2) is 54.6 Å². The highest BCUT2D eigenvalue weighted by Crippen LogP contribution is 2.27. The SMILES string of the molecule is COc1c(C)cc(NCc2ccc(CNCc3cc(C)cc(C)c3)cc2)cc1C. The third-order valence-electron chi connectivity index (χ3n) is 5.12. The zero-order chi connectivity index (χ0) is 20.8. The van der Waals surface area contributed by atoms with Gasteiger partial charge >= 0.3 is 0 Å². The highest BCUT2D eigenvalue weighted by Gasteiger charge is 2.05. The van der Waals surface area contributed by atoms with Crippen molar-refractivity contribution in [1.29, 1.82) is 0 Å². The van der Waals surface area contributed by atoms with E-state index in [0.29, 0.717) is 0 Å². The maximum Gasteiger partial charge on any atom is 0.124 e. The zero-order valence-corrected chi connectivity index (χ0v) is 18.2. The maximum absolute atomic E-state index is 5.44. The summed E-state index contributed by atoms with van der Waals surface area (Å²) in [4.78, 5) is 0. The number of ether oxygens (including phenoxy) is 1. The van der Waals surface area contributed by atoms with Crippen LogP contribution in [0.2, 0.25) is 0 Å². The minimum atomic E-state index is 0.807. The van der Waals surface area contributed by atoms with Crippen LogP contribution < -0.4 is 15.4 Å². The molecule has 3 aromatic carbocycles. The van der Waals surface area contributed by atoms with E-state index in [2.05, 4.69) is 92.9 Å². The zero-order valence-electron chi connectivity index (χ0n) is 18.2. The van der Waals surface area contributed by atoms with Crippen molar-refractivity contribution in [2.45, 2.75) is 47.3 Å². The summed E-state index contributed by atoms with van der Waals surface area (Å²) in [6.45, 7) is 11.0. The fraction of sp³-hybridized carbons (Fsp3) is 0.308. The van der Waals surface area contributed by atoms with Gasteiger partial charge in [-0.2, -0.15) is 0 Å². The standard InChI is InChI=1S/C26H32N2O/c1-18-10-19(2)12-24(11-18)16-27-15-22-6-8-23(9-7-22)17-28-25-13-20(3)26(29-5)21(4)14-25/h6-14,27-28H,15-17H2,1-5H3. The molecule has 152 valence electrons. The Morgan fingerprint density at radius 2 is 1.17 bits per heavy atom. The molecule has 0 radical (unpaired) electrons. The van der Waals surface area contributed by atoms with Crippen LogP contribution in [0.4, 0.5) is 5.69 Å². The van der Waals surface area contributed by atoms with Crippen molar-refractivity contribution >= 4 is 5.69 Å². The minimum absolute atomic E-state index is 0.807. The number of hydrogen-bond donors (Lipinski definition) is 2. The lowest BCUT2D eigenvalue weighted by Crippen LogP contribution is -2.13. The number of benzene rings is 3. The third-order valence-corrected chi connectivity index (χ3v) is 5.12. The Balaban J connectivity index is 1.51. The molecule has 29 heavy (non-hydrogen) atoms. The summed E-state index contributed by atoms with van der Waals surface area (Å²) in [5.74, 6) is 0.966. The van der Waals surface area contributed by atoms with Crippen molar-refractivity contribution in [3.8, 4) is 5.75 Å². The summed E-state index contributed by atoms with van der Waals surface area (Å²) in [5.41, 5.74) is 9.99. The van der Waals surface area contributed by atoms with E-state index in [1.807, 2.05) is 0 Å². The van der Waals surface area contributed by atoms with Crippen molar-refractivity contribution in [3.05, 3.63) is 93.5 Å². The lowest BCUT2D eigenvalue weighted by molar-refractivity contribution is 0.408. The number of methoxy groups -OCH3 is 1. The Morgan fingerprint density at radius 3 is 1.72 bits per heavy atom. The molecule has 3 rings (SSSR count). The number of rotatable bonds is 8. The van der Waals surface area contributed by atoms with Gasteiger partial charge in [-0.15, -0.1) is 0 Å². The van der Waals surface area contributed by atoms with E-state index in [-0.39, 0.29) is 0 Å². The molecule has 0 atom stereocenters. The van der Waals surface area contributed by atoms with E-state index in [1.54, 1.807) is 7.11 Å². The second-order valence-corrected chi connectivity index (χ2v) is 7.91. The minimum Gasteiger partial charge on any atom is -0.496 e. The first kappa shape index (κ1) is 20.9. The molecule has 0 saturated carbocycles. The summed E-state index contributed by atoms with van der Waals surface area (Å²) in [6.07, 6.45) is 0. The Kier molecular flexibility index (Phi) is 6.95. The molecular formula is C26H32N2O. The topological polar surface area (TPSA) is 33.3 Å². The normalized spacial score (nSPS) is 10.8. The molecular weight excluding hydrogens is 356 g/mol. The van der Waals surface area contributed by atoms with Gasteiger partial charge in [-0.1, -0.05) is 53.6 Å². The Morgan fingerprint density at radius 1 is 0.655 bits per heavy atom. The molecule has 3 nitrogen and oxygen atoms in total. The van der Waals surface area contributed by atoms with Gasteiger partial charge in [0.05, 0.1) is 7.11 Å². The van der Waals surface area contributed by atoms with Gasteiger partial charge in [0.25, 0.3) is 0 Å². The summed E-state index contributed by atoms with van der Waals surface area (Å²) in [5, 5.41) is 7.06. The van der Waals surface area contributed by atoms with Crippen LogP contribution in [-0.4, -0.2) is 7.11 Å². The third kappa shape index (κ3) is 5.85. The van der Waals surface area contributed by atoms with E-state index in [4.69, 9.17) is 4.74 Å². The summed E-state index contributed by atoms with van der Waals surface area (Å²) >= 11 is 0. The van der Waals surface area contributed by atoms with Gasteiger partial charge in [0.15, 0.2) is 0 Å². The average molecular weight is 389 g/mol. The lowest BCUT2D eigenvalue weighted by Gasteiger charge is -2.13. The van der Waals surface area contributed by atoms with Crippen LogP contribution in [0, 0.1) is 27.7 Å². The van der Waals surface area contributed by atoms with Crippen LogP contribution in [0.25, 0.3) is 0 Å². The van der Waals surface area contributed by atoms with E-state index in [0.717, 1.165) is 42.2 Å². The quantitative estimate of drug-likeness (QED) is 0.509.